The van der Waals surface area contributed by atoms with E-state index in [0.717, 1.165) is 11.3 Å². The van der Waals surface area contributed by atoms with Crippen LogP contribution in [0.4, 0.5) is 0 Å². The molecule has 1 aliphatic rings. The van der Waals surface area contributed by atoms with Crippen LogP contribution in [0.25, 0.3) is 0 Å². The standard InChI is InChI=1S/C18H19ClN2O5S/c1-21(25-2)27(23,24)17-11-12(7-8-14(17)19)18(22)20-15-9-10-26-16-6-4-3-5-13(15)16/h3-8,11,15H,9-10H2,1-2H3,(H,20,22). The maximum atomic E-state index is 12.7. The number of sulfonamides is 1. The summed E-state index contributed by atoms with van der Waals surface area (Å²) in [5.41, 5.74) is 1.07. The van der Waals surface area contributed by atoms with Gasteiger partial charge in [-0.2, -0.15) is 0 Å². The number of nitrogens with one attached hydrogen (secondary N) is 1. The molecule has 1 unspecified atom stereocenters. The van der Waals surface area contributed by atoms with E-state index in [4.69, 9.17) is 21.2 Å². The van der Waals surface area contributed by atoms with Gasteiger partial charge in [0.05, 0.1) is 24.8 Å². The van der Waals surface area contributed by atoms with Crippen molar-refractivity contribution < 1.29 is 22.8 Å². The average Bonchev–Trinajstić information content (AvgIpc) is 2.67. The smallest absolute Gasteiger partial charge is 0.266 e. The van der Waals surface area contributed by atoms with E-state index < -0.39 is 15.9 Å². The number of rotatable bonds is 5. The summed E-state index contributed by atoms with van der Waals surface area (Å²) >= 11 is 6.04. The molecule has 2 aromatic rings. The van der Waals surface area contributed by atoms with Gasteiger partial charge in [0.15, 0.2) is 0 Å². The second-order valence-corrected chi connectivity index (χ2v) is 8.25. The first-order chi connectivity index (χ1) is 12.8. The summed E-state index contributed by atoms with van der Waals surface area (Å²) in [6.45, 7) is 0.487. The molecule has 1 amide bonds. The molecule has 0 aliphatic carbocycles. The zero-order chi connectivity index (χ0) is 19.6. The van der Waals surface area contributed by atoms with E-state index in [1.165, 1.54) is 32.4 Å². The molecule has 0 saturated carbocycles. The Labute approximate surface area is 162 Å². The molecule has 0 bridgehead atoms. The Kier molecular flexibility index (Phi) is 5.71. The monoisotopic (exact) mass is 410 g/mol. The van der Waals surface area contributed by atoms with Crippen molar-refractivity contribution in [2.24, 2.45) is 0 Å². The van der Waals surface area contributed by atoms with E-state index in [9.17, 15) is 13.2 Å². The summed E-state index contributed by atoms with van der Waals surface area (Å²) in [4.78, 5) is 17.3. The number of fused-ring (bicyclic) bond motifs is 1. The van der Waals surface area contributed by atoms with Crippen molar-refractivity contribution in [3.8, 4) is 5.75 Å². The lowest BCUT2D eigenvalue weighted by Gasteiger charge is -2.26. The minimum absolute atomic E-state index is 0.00635. The highest BCUT2D eigenvalue weighted by molar-refractivity contribution is 7.89. The predicted molar refractivity (Wildman–Crippen MR) is 100 cm³/mol. The summed E-state index contributed by atoms with van der Waals surface area (Å²) in [6.07, 6.45) is 0.619. The second-order valence-electron chi connectivity index (χ2n) is 5.94. The van der Waals surface area contributed by atoms with Crippen LogP contribution in [0.3, 0.4) is 0 Å². The Morgan fingerprint density at radius 2 is 2.04 bits per heavy atom. The first-order valence-corrected chi connectivity index (χ1v) is 10.0. The largest absolute Gasteiger partial charge is 0.493 e. The fourth-order valence-electron chi connectivity index (χ4n) is 2.81. The van der Waals surface area contributed by atoms with Crippen molar-refractivity contribution >= 4 is 27.5 Å². The Bertz CT molecular complexity index is 964. The number of carbonyl (C=O) groups excluding carboxylic acids is 1. The maximum absolute atomic E-state index is 12.7. The summed E-state index contributed by atoms with van der Waals surface area (Å²) in [6, 6.07) is 11.4. The number of halogens is 1. The van der Waals surface area contributed by atoms with Crippen molar-refractivity contribution in [1.29, 1.82) is 0 Å². The Morgan fingerprint density at radius 1 is 1.30 bits per heavy atom. The Morgan fingerprint density at radius 3 is 2.78 bits per heavy atom. The lowest BCUT2D eigenvalue weighted by atomic mass is 10.00. The van der Waals surface area contributed by atoms with Gasteiger partial charge in [0.2, 0.25) is 0 Å². The maximum Gasteiger partial charge on any atom is 0.266 e. The number of amides is 1. The fourth-order valence-corrected chi connectivity index (χ4v) is 4.29. The number of ether oxygens (including phenoxy) is 1. The molecule has 27 heavy (non-hydrogen) atoms. The van der Waals surface area contributed by atoms with Crippen LogP contribution in [0.5, 0.6) is 5.75 Å². The summed E-state index contributed by atoms with van der Waals surface area (Å²) < 4.78 is 31.2. The summed E-state index contributed by atoms with van der Waals surface area (Å²) in [7, 11) is -1.50. The molecule has 0 fully saturated rings. The van der Waals surface area contributed by atoms with Crippen molar-refractivity contribution in [2.45, 2.75) is 17.4 Å². The van der Waals surface area contributed by atoms with Gasteiger partial charge in [-0.1, -0.05) is 34.3 Å². The predicted octanol–water partition coefficient (Wildman–Crippen LogP) is 2.78. The summed E-state index contributed by atoms with van der Waals surface area (Å²) in [5, 5.41) is 2.94. The number of para-hydroxylation sites is 1. The lowest BCUT2D eigenvalue weighted by Crippen LogP contribution is -2.32. The van der Waals surface area contributed by atoms with Gasteiger partial charge in [-0.25, -0.2) is 8.42 Å². The zero-order valence-electron chi connectivity index (χ0n) is 14.8. The van der Waals surface area contributed by atoms with Gasteiger partial charge in [0.25, 0.3) is 15.9 Å². The summed E-state index contributed by atoms with van der Waals surface area (Å²) in [5.74, 6) is 0.333. The second kappa shape index (κ2) is 7.85. The highest BCUT2D eigenvalue weighted by Gasteiger charge is 2.27. The molecular weight excluding hydrogens is 392 g/mol. The van der Waals surface area contributed by atoms with Crippen LogP contribution in [-0.2, 0) is 14.9 Å². The highest BCUT2D eigenvalue weighted by Crippen LogP contribution is 2.32. The van der Waals surface area contributed by atoms with E-state index in [-0.39, 0.29) is 21.5 Å². The van der Waals surface area contributed by atoms with E-state index in [0.29, 0.717) is 17.5 Å². The van der Waals surface area contributed by atoms with Crippen molar-refractivity contribution in [1.82, 2.24) is 9.79 Å². The van der Waals surface area contributed by atoms with Crippen LogP contribution in [-0.4, -0.2) is 39.6 Å². The molecule has 0 radical (unpaired) electrons. The Balaban J connectivity index is 1.88. The van der Waals surface area contributed by atoms with Gasteiger partial charge < -0.3 is 10.1 Å². The molecule has 7 nitrogen and oxygen atoms in total. The number of hydroxylamine groups is 1. The average molecular weight is 411 g/mol. The van der Waals surface area contributed by atoms with Gasteiger partial charge in [-0.15, -0.1) is 0 Å². The fraction of sp³-hybridized carbons (Fsp3) is 0.278. The third kappa shape index (κ3) is 3.93. The number of nitrogens with zero attached hydrogens (tertiary/aromatic N) is 1. The topological polar surface area (TPSA) is 84.9 Å². The van der Waals surface area contributed by atoms with Crippen molar-refractivity contribution in [3.05, 3.63) is 58.6 Å². The third-order valence-corrected chi connectivity index (χ3v) is 6.49. The van der Waals surface area contributed by atoms with Crippen LogP contribution in [0.2, 0.25) is 5.02 Å². The number of hydrogen-bond acceptors (Lipinski definition) is 5. The minimum Gasteiger partial charge on any atom is -0.493 e. The van der Waals surface area contributed by atoms with E-state index in [1.807, 2.05) is 24.3 Å². The zero-order valence-corrected chi connectivity index (χ0v) is 16.4. The molecule has 1 heterocycles. The molecule has 0 aromatic heterocycles. The van der Waals surface area contributed by atoms with Gasteiger partial charge in [0.1, 0.15) is 10.6 Å². The van der Waals surface area contributed by atoms with Crippen molar-refractivity contribution in [2.75, 3.05) is 20.8 Å². The lowest BCUT2D eigenvalue weighted by molar-refractivity contribution is -0.0258. The SMILES string of the molecule is CON(C)S(=O)(=O)c1cc(C(=O)NC2CCOc3ccccc32)ccc1Cl. The van der Waals surface area contributed by atoms with Crippen LogP contribution < -0.4 is 10.1 Å². The van der Waals surface area contributed by atoms with Gasteiger partial charge in [-0.05, 0) is 24.3 Å². The van der Waals surface area contributed by atoms with Gasteiger partial charge in [-0.3, -0.25) is 9.63 Å². The Hall–Kier alpha value is -2.13. The first-order valence-electron chi connectivity index (χ1n) is 8.19. The van der Waals surface area contributed by atoms with E-state index in [2.05, 4.69) is 5.32 Å². The van der Waals surface area contributed by atoms with Gasteiger partial charge >= 0.3 is 0 Å². The minimum atomic E-state index is -3.98. The molecule has 9 heteroatoms. The normalized spacial score (nSPS) is 16.5. The molecule has 1 N–H and O–H groups in total. The van der Waals surface area contributed by atoms with Gasteiger partial charge in [0, 0.05) is 24.6 Å². The molecule has 2 aromatic carbocycles. The van der Waals surface area contributed by atoms with E-state index >= 15 is 0 Å². The molecule has 0 spiro atoms. The van der Waals surface area contributed by atoms with Crippen LogP contribution >= 0.6 is 11.6 Å². The van der Waals surface area contributed by atoms with Crippen LogP contribution in [0, 0.1) is 0 Å². The third-order valence-electron chi connectivity index (χ3n) is 4.33. The quantitative estimate of drug-likeness (QED) is 0.766. The van der Waals surface area contributed by atoms with Crippen molar-refractivity contribution in [3.63, 3.8) is 0 Å². The van der Waals surface area contributed by atoms with Crippen LogP contribution in [0.1, 0.15) is 28.4 Å². The molecule has 1 aliphatic heterocycles. The highest BCUT2D eigenvalue weighted by atomic mass is 35.5. The number of benzene rings is 2. The molecule has 1 atom stereocenters. The first kappa shape index (κ1) is 19.6. The molecule has 144 valence electrons. The molecule has 0 saturated heterocycles. The molecule has 3 rings (SSSR count). The molecular formula is C18H19ClN2O5S. The van der Waals surface area contributed by atoms with Crippen LogP contribution in [0.15, 0.2) is 47.4 Å². The van der Waals surface area contributed by atoms with E-state index in [1.54, 1.807) is 0 Å². The number of carbonyl (C=O) groups is 1. The number of hydrogen-bond donors (Lipinski definition) is 1.